The molecule has 3 rings (SSSR count). The number of benzene rings is 2. The first kappa shape index (κ1) is 21.2. The number of halogens is 1. The van der Waals surface area contributed by atoms with Crippen molar-refractivity contribution in [1.82, 2.24) is 20.2 Å². The van der Waals surface area contributed by atoms with Gasteiger partial charge in [0.05, 0.1) is 19.0 Å². The summed E-state index contributed by atoms with van der Waals surface area (Å²) in [4.78, 5) is 23.2. The lowest BCUT2D eigenvalue weighted by Gasteiger charge is -2.11. The molecule has 30 heavy (non-hydrogen) atoms. The summed E-state index contributed by atoms with van der Waals surface area (Å²) in [5.41, 5.74) is 8.79. The SMILES string of the molecule is COc1cc(-c2nc(-c3cccc(C(=O)NCCN(C)C)c3)cnc2N)ccc1F. The van der Waals surface area contributed by atoms with Gasteiger partial charge in [-0.2, -0.15) is 0 Å². The lowest BCUT2D eigenvalue weighted by atomic mass is 10.1. The molecule has 3 aromatic rings. The molecule has 0 aliphatic heterocycles. The molecule has 3 N–H and O–H groups in total. The number of ether oxygens (including phenoxy) is 1. The number of hydrogen-bond acceptors (Lipinski definition) is 6. The van der Waals surface area contributed by atoms with Crippen molar-refractivity contribution in [2.45, 2.75) is 0 Å². The van der Waals surface area contributed by atoms with Crippen LogP contribution in [0.2, 0.25) is 0 Å². The van der Waals surface area contributed by atoms with E-state index in [1.807, 2.05) is 25.1 Å². The number of nitrogens with zero attached hydrogens (tertiary/aromatic N) is 3. The van der Waals surface area contributed by atoms with E-state index in [2.05, 4.69) is 15.3 Å². The first-order valence-electron chi connectivity index (χ1n) is 9.39. The van der Waals surface area contributed by atoms with Crippen molar-refractivity contribution in [2.24, 2.45) is 0 Å². The van der Waals surface area contributed by atoms with E-state index in [1.165, 1.54) is 19.2 Å². The molecular formula is C22H24FN5O2. The molecular weight excluding hydrogens is 385 g/mol. The Hall–Kier alpha value is -3.52. The maximum atomic E-state index is 13.8. The van der Waals surface area contributed by atoms with Crippen LogP contribution in [0.1, 0.15) is 10.4 Å². The van der Waals surface area contributed by atoms with E-state index in [9.17, 15) is 9.18 Å². The predicted molar refractivity (Wildman–Crippen MR) is 115 cm³/mol. The number of likely N-dealkylation sites (N-methyl/N-ethyl adjacent to an activating group) is 1. The molecule has 7 nitrogen and oxygen atoms in total. The van der Waals surface area contributed by atoms with Crippen LogP contribution in [0.3, 0.4) is 0 Å². The number of anilines is 1. The van der Waals surface area contributed by atoms with Crippen molar-refractivity contribution in [2.75, 3.05) is 40.0 Å². The first-order chi connectivity index (χ1) is 14.4. The Morgan fingerprint density at radius 1 is 1.20 bits per heavy atom. The van der Waals surface area contributed by atoms with E-state index in [-0.39, 0.29) is 17.5 Å². The average Bonchev–Trinajstić information content (AvgIpc) is 2.74. The van der Waals surface area contributed by atoms with Crippen molar-refractivity contribution in [3.8, 4) is 28.3 Å². The van der Waals surface area contributed by atoms with Gasteiger partial charge < -0.3 is 20.7 Å². The molecule has 2 aromatic carbocycles. The van der Waals surface area contributed by atoms with Gasteiger partial charge in [0.25, 0.3) is 5.91 Å². The zero-order valence-corrected chi connectivity index (χ0v) is 17.1. The molecule has 0 unspecified atom stereocenters. The number of amides is 1. The molecule has 0 aliphatic carbocycles. The number of rotatable bonds is 7. The van der Waals surface area contributed by atoms with Gasteiger partial charge in [-0.15, -0.1) is 0 Å². The van der Waals surface area contributed by atoms with Crippen molar-refractivity contribution < 1.29 is 13.9 Å². The summed E-state index contributed by atoms with van der Waals surface area (Å²) >= 11 is 0. The summed E-state index contributed by atoms with van der Waals surface area (Å²) in [6, 6.07) is 11.5. The van der Waals surface area contributed by atoms with Crippen molar-refractivity contribution in [3.05, 3.63) is 60.0 Å². The number of methoxy groups -OCH3 is 1. The fraction of sp³-hybridized carbons (Fsp3) is 0.227. The smallest absolute Gasteiger partial charge is 0.251 e. The van der Waals surface area contributed by atoms with Crippen LogP contribution < -0.4 is 15.8 Å². The summed E-state index contributed by atoms with van der Waals surface area (Å²) in [6.45, 7) is 1.30. The third-order valence-electron chi connectivity index (χ3n) is 4.49. The zero-order chi connectivity index (χ0) is 21.7. The van der Waals surface area contributed by atoms with Crippen LogP contribution in [0.25, 0.3) is 22.5 Å². The van der Waals surface area contributed by atoms with Crippen LogP contribution in [0.5, 0.6) is 5.75 Å². The maximum Gasteiger partial charge on any atom is 0.251 e. The molecule has 1 aromatic heterocycles. The van der Waals surface area contributed by atoms with E-state index in [0.717, 1.165) is 12.1 Å². The summed E-state index contributed by atoms with van der Waals surface area (Å²) in [5.74, 6) is -0.331. The minimum Gasteiger partial charge on any atom is -0.494 e. The Morgan fingerprint density at radius 2 is 2.00 bits per heavy atom. The van der Waals surface area contributed by atoms with E-state index in [0.29, 0.717) is 29.1 Å². The number of hydrogen-bond donors (Lipinski definition) is 2. The fourth-order valence-corrected chi connectivity index (χ4v) is 2.87. The molecule has 1 amide bonds. The number of carbonyl (C=O) groups is 1. The largest absolute Gasteiger partial charge is 0.494 e. The Labute approximate surface area is 174 Å². The minimum absolute atomic E-state index is 0.0931. The molecule has 0 bridgehead atoms. The van der Waals surface area contributed by atoms with Gasteiger partial charge in [-0.05, 0) is 44.4 Å². The van der Waals surface area contributed by atoms with Crippen molar-refractivity contribution in [1.29, 1.82) is 0 Å². The van der Waals surface area contributed by atoms with Crippen LogP contribution in [0.15, 0.2) is 48.7 Å². The molecule has 0 saturated heterocycles. The second kappa shape index (κ2) is 9.32. The molecule has 0 radical (unpaired) electrons. The minimum atomic E-state index is -0.475. The Kier molecular flexibility index (Phi) is 6.58. The van der Waals surface area contributed by atoms with Gasteiger partial charge in [-0.1, -0.05) is 12.1 Å². The third kappa shape index (κ3) is 4.90. The normalized spacial score (nSPS) is 10.8. The Balaban J connectivity index is 1.90. The summed E-state index contributed by atoms with van der Waals surface area (Å²) < 4.78 is 18.8. The Morgan fingerprint density at radius 3 is 2.73 bits per heavy atom. The van der Waals surface area contributed by atoms with Crippen LogP contribution >= 0.6 is 0 Å². The second-order valence-corrected chi connectivity index (χ2v) is 6.98. The van der Waals surface area contributed by atoms with E-state index < -0.39 is 5.82 Å². The van der Waals surface area contributed by atoms with Gasteiger partial charge in [0, 0.05) is 29.8 Å². The zero-order valence-electron chi connectivity index (χ0n) is 17.1. The van der Waals surface area contributed by atoms with Crippen LogP contribution in [0, 0.1) is 5.82 Å². The maximum absolute atomic E-state index is 13.8. The molecule has 0 spiro atoms. The van der Waals surface area contributed by atoms with Crippen LogP contribution in [0.4, 0.5) is 10.2 Å². The number of nitrogens with two attached hydrogens (primary N) is 1. The molecule has 0 saturated carbocycles. The third-order valence-corrected chi connectivity index (χ3v) is 4.49. The fourth-order valence-electron chi connectivity index (χ4n) is 2.87. The first-order valence-corrected chi connectivity index (χ1v) is 9.39. The van der Waals surface area contributed by atoms with E-state index in [1.54, 1.807) is 30.5 Å². The highest BCUT2D eigenvalue weighted by Gasteiger charge is 2.13. The summed E-state index contributed by atoms with van der Waals surface area (Å²) in [6.07, 6.45) is 1.54. The quantitative estimate of drug-likeness (QED) is 0.623. The van der Waals surface area contributed by atoms with Gasteiger partial charge in [-0.25, -0.2) is 14.4 Å². The topological polar surface area (TPSA) is 93.4 Å². The highest BCUT2D eigenvalue weighted by Crippen LogP contribution is 2.30. The van der Waals surface area contributed by atoms with Gasteiger partial charge in [0.15, 0.2) is 11.6 Å². The summed E-state index contributed by atoms with van der Waals surface area (Å²) in [5, 5.41) is 2.89. The predicted octanol–water partition coefficient (Wildman–Crippen LogP) is 2.83. The van der Waals surface area contributed by atoms with E-state index in [4.69, 9.17) is 10.5 Å². The lowest BCUT2D eigenvalue weighted by molar-refractivity contribution is 0.0951. The van der Waals surface area contributed by atoms with E-state index >= 15 is 0 Å². The van der Waals surface area contributed by atoms with Crippen LogP contribution in [-0.4, -0.2) is 55.1 Å². The number of nitrogen functional groups attached to an aromatic ring is 1. The van der Waals surface area contributed by atoms with Gasteiger partial charge >= 0.3 is 0 Å². The molecule has 0 fully saturated rings. The number of carbonyl (C=O) groups excluding carboxylic acids is 1. The monoisotopic (exact) mass is 409 g/mol. The van der Waals surface area contributed by atoms with Gasteiger partial charge in [-0.3, -0.25) is 4.79 Å². The van der Waals surface area contributed by atoms with Crippen molar-refractivity contribution in [3.63, 3.8) is 0 Å². The molecule has 0 atom stereocenters. The van der Waals surface area contributed by atoms with Gasteiger partial charge in [0.2, 0.25) is 0 Å². The molecule has 0 aliphatic rings. The summed E-state index contributed by atoms with van der Waals surface area (Å²) in [7, 11) is 5.28. The lowest BCUT2D eigenvalue weighted by Crippen LogP contribution is -2.31. The molecule has 1 heterocycles. The highest BCUT2D eigenvalue weighted by atomic mass is 19.1. The highest BCUT2D eigenvalue weighted by molar-refractivity contribution is 5.95. The Bertz CT molecular complexity index is 1060. The molecule has 156 valence electrons. The average molecular weight is 409 g/mol. The molecule has 8 heteroatoms. The van der Waals surface area contributed by atoms with Gasteiger partial charge in [0.1, 0.15) is 11.5 Å². The van der Waals surface area contributed by atoms with Crippen LogP contribution in [-0.2, 0) is 0 Å². The standard InChI is InChI=1S/C22H24FN5O2/c1-28(2)10-9-25-22(29)16-6-4-5-14(11-16)18-13-26-21(24)20(27-18)15-7-8-17(23)19(12-15)30-3/h4-8,11-13H,9-10H2,1-3H3,(H2,24,26)(H,25,29). The second-order valence-electron chi connectivity index (χ2n) is 6.98. The van der Waals surface area contributed by atoms with Crippen molar-refractivity contribution >= 4 is 11.7 Å². The number of nitrogens with one attached hydrogen (secondary N) is 1. The number of aromatic nitrogens is 2.